The molecule has 2 aliphatic rings. The summed E-state index contributed by atoms with van der Waals surface area (Å²) in [6, 6.07) is 0. The lowest BCUT2D eigenvalue weighted by atomic mass is 10.1. The highest BCUT2D eigenvalue weighted by Gasteiger charge is 2.28. The highest BCUT2D eigenvalue weighted by molar-refractivity contribution is 7.89. The smallest absolute Gasteiger partial charge is 0.237 e. The number of sulfonamides is 1. The molecule has 0 aromatic heterocycles. The van der Waals surface area contributed by atoms with Crippen LogP contribution >= 0.6 is 12.4 Å². The number of piperazine rings is 1. The van der Waals surface area contributed by atoms with Crippen molar-refractivity contribution < 1.29 is 13.2 Å². The molecule has 0 aromatic rings. The van der Waals surface area contributed by atoms with E-state index in [2.05, 4.69) is 5.32 Å². The summed E-state index contributed by atoms with van der Waals surface area (Å²) in [5.74, 6) is 0.374. The van der Waals surface area contributed by atoms with Crippen molar-refractivity contribution in [3.8, 4) is 0 Å². The Morgan fingerprint density at radius 3 is 2.38 bits per heavy atom. The van der Waals surface area contributed by atoms with Gasteiger partial charge in [-0.05, 0) is 18.8 Å². The van der Waals surface area contributed by atoms with Gasteiger partial charge >= 0.3 is 0 Å². The molecule has 0 radical (unpaired) electrons. The Hall–Kier alpha value is -0.370. The van der Waals surface area contributed by atoms with Gasteiger partial charge in [0.05, 0.1) is 12.3 Å². The molecule has 1 aliphatic carbocycles. The van der Waals surface area contributed by atoms with Gasteiger partial charge in [-0.3, -0.25) is 4.79 Å². The quantitative estimate of drug-likeness (QED) is 0.781. The molecule has 0 spiro atoms. The van der Waals surface area contributed by atoms with E-state index in [-0.39, 0.29) is 36.5 Å². The number of carbonyl (C=O) groups excluding carboxylic acids is 1. The fourth-order valence-corrected chi connectivity index (χ4v) is 4.40. The first-order valence-corrected chi connectivity index (χ1v) is 9.02. The number of hydrogen-bond donors (Lipinski definition) is 1. The zero-order valence-corrected chi connectivity index (χ0v) is 14.2. The van der Waals surface area contributed by atoms with Gasteiger partial charge in [0.25, 0.3) is 0 Å². The van der Waals surface area contributed by atoms with Crippen LogP contribution in [0.25, 0.3) is 0 Å². The van der Waals surface area contributed by atoms with Crippen LogP contribution in [0.2, 0.25) is 0 Å². The highest BCUT2D eigenvalue weighted by Crippen LogP contribution is 2.26. The molecule has 1 saturated heterocycles. The fraction of sp³-hybridized carbons (Fsp3) is 0.923. The number of hydrogen-bond acceptors (Lipinski definition) is 4. The van der Waals surface area contributed by atoms with Gasteiger partial charge in [0.1, 0.15) is 0 Å². The van der Waals surface area contributed by atoms with Crippen LogP contribution in [0, 0.1) is 5.92 Å². The van der Waals surface area contributed by atoms with E-state index < -0.39 is 10.0 Å². The van der Waals surface area contributed by atoms with Crippen LogP contribution in [0.1, 0.15) is 25.7 Å². The maximum Gasteiger partial charge on any atom is 0.237 e. The second kappa shape index (κ2) is 8.31. The Labute approximate surface area is 133 Å². The second-order valence-corrected chi connectivity index (χ2v) is 7.94. The minimum atomic E-state index is -3.31. The third-order valence-corrected chi connectivity index (χ3v) is 6.20. The van der Waals surface area contributed by atoms with E-state index in [0.717, 1.165) is 38.8 Å². The van der Waals surface area contributed by atoms with Gasteiger partial charge in [-0.25, -0.2) is 8.42 Å². The standard InChI is InChI=1S/C13H25N3O3S.ClH/c1-15(10-13(17)16-8-6-14-7-9-16)20(18,19)11-12-4-2-3-5-12;/h12,14H,2-11H2,1H3;1H. The Morgan fingerprint density at radius 1 is 1.24 bits per heavy atom. The number of amides is 1. The summed E-state index contributed by atoms with van der Waals surface area (Å²) < 4.78 is 25.7. The molecule has 1 amide bonds. The minimum Gasteiger partial charge on any atom is -0.339 e. The lowest BCUT2D eigenvalue weighted by Crippen LogP contribution is -2.50. The predicted molar refractivity (Wildman–Crippen MR) is 85.1 cm³/mol. The summed E-state index contributed by atoms with van der Waals surface area (Å²) in [6.45, 7) is 2.86. The van der Waals surface area contributed by atoms with Gasteiger partial charge < -0.3 is 10.2 Å². The van der Waals surface area contributed by atoms with Crippen LogP contribution in [0.5, 0.6) is 0 Å². The van der Waals surface area contributed by atoms with Gasteiger partial charge in [0.2, 0.25) is 15.9 Å². The fourth-order valence-electron chi connectivity index (χ4n) is 2.91. The number of nitrogens with zero attached hydrogens (tertiary/aromatic N) is 2. The van der Waals surface area contributed by atoms with E-state index in [1.54, 1.807) is 4.90 Å². The molecule has 21 heavy (non-hydrogen) atoms. The summed E-state index contributed by atoms with van der Waals surface area (Å²) in [5, 5.41) is 3.18. The number of rotatable bonds is 5. The van der Waals surface area contributed by atoms with E-state index in [1.807, 2.05) is 0 Å². The summed E-state index contributed by atoms with van der Waals surface area (Å²) in [4.78, 5) is 13.8. The van der Waals surface area contributed by atoms with Crippen molar-refractivity contribution in [1.29, 1.82) is 0 Å². The summed E-state index contributed by atoms with van der Waals surface area (Å²) in [7, 11) is -1.79. The van der Waals surface area contributed by atoms with E-state index in [9.17, 15) is 13.2 Å². The lowest BCUT2D eigenvalue weighted by Gasteiger charge is -2.29. The largest absolute Gasteiger partial charge is 0.339 e. The van der Waals surface area contributed by atoms with Crippen LogP contribution < -0.4 is 5.32 Å². The lowest BCUT2D eigenvalue weighted by molar-refractivity contribution is -0.131. The maximum absolute atomic E-state index is 12.2. The Kier molecular flexibility index (Phi) is 7.39. The predicted octanol–water partition coefficient (Wildman–Crippen LogP) is 0.292. The Bertz CT molecular complexity index is 432. The van der Waals surface area contributed by atoms with Crippen molar-refractivity contribution in [1.82, 2.24) is 14.5 Å². The van der Waals surface area contributed by atoms with Gasteiger partial charge in [0.15, 0.2) is 0 Å². The number of carbonyl (C=O) groups is 1. The third-order valence-electron chi connectivity index (χ3n) is 4.22. The molecule has 0 atom stereocenters. The molecule has 1 N–H and O–H groups in total. The van der Waals surface area contributed by atoms with Crippen LogP contribution in [-0.2, 0) is 14.8 Å². The Balaban J connectivity index is 0.00000220. The topological polar surface area (TPSA) is 69.7 Å². The van der Waals surface area contributed by atoms with Crippen LogP contribution in [-0.4, -0.2) is 69.1 Å². The molecule has 2 rings (SSSR count). The monoisotopic (exact) mass is 339 g/mol. The van der Waals surface area contributed by atoms with E-state index in [0.29, 0.717) is 13.1 Å². The third kappa shape index (κ3) is 5.39. The second-order valence-electron chi connectivity index (χ2n) is 5.82. The molecule has 124 valence electrons. The molecule has 6 nitrogen and oxygen atoms in total. The molecular weight excluding hydrogens is 314 g/mol. The highest BCUT2D eigenvalue weighted by atomic mass is 35.5. The first kappa shape index (κ1) is 18.7. The number of likely N-dealkylation sites (N-methyl/N-ethyl adjacent to an activating group) is 1. The van der Waals surface area contributed by atoms with Crippen molar-refractivity contribution >= 4 is 28.3 Å². The van der Waals surface area contributed by atoms with E-state index >= 15 is 0 Å². The molecule has 2 fully saturated rings. The molecule has 0 bridgehead atoms. The van der Waals surface area contributed by atoms with Gasteiger partial charge in [-0.2, -0.15) is 4.31 Å². The molecule has 0 aromatic carbocycles. The minimum absolute atomic E-state index is 0. The van der Waals surface area contributed by atoms with Gasteiger partial charge in [0, 0.05) is 33.2 Å². The number of nitrogens with one attached hydrogen (secondary N) is 1. The van der Waals surface area contributed by atoms with Gasteiger partial charge in [-0.15, -0.1) is 12.4 Å². The number of halogens is 1. The maximum atomic E-state index is 12.2. The van der Waals surface area contributed by atoms with E-state index in [4.69, 9.17) is 0 Å². The molecule has 1 aliphatic heterocycles. The molecule has 0 unspecified atom stereocenters. The van der Waals surface area contributed by atoms with Crippen molar-refractivity contribution in [3.05, 3.63) is 0 Å². The molecule has 1 saturated carbocycles. The first-order valence-electron chi connectivity index (χ1n) is 7.41. The SMILES string of the molecule is CN(CC(=O)N1CCNCC1)S(=O)(=O)CC1CCCC1.Cl. The van der Waals surface area contributed by atoms with E-state index in [1.165, 1.54) is 11.4 Å². The summed E-state index contributed by atoms with van der Waals surface area (Å²) in [5.41, 5.74) is 0. The summed E-state index contributed by atoms with van der Waals surface area (Å²) >= 11 is 0. The van der Waals surface area contributed by atoms with Crippen LogP contribution in [0.3, 0.4) is 0 Å². The Morgan fingerprint density at radius 2 is 1.81 bits per heavy atom. The summed E-state index contributed by atoms with van der Waals surface area (Å²) in [6.07, 6.45) is 4.25. The molecule has 8 heteroatoms. The van der Waals surface area contributed by atoms with Crippen LogP contribution in [0.15, 0.2) is 0 Å². The normalized spacial score (nSPS) is 20.6. The average molecular weight is 340 g/mol. The zero-order chi connectivity index (χ0) is 14.6. The molecule has 1 heterocycles. The first-order chi connectivity index (χ1) is 9.49. The van der Waals surface area contributed by atoms with Crippen molar-refractivity contribution in [3.63, 3.8) is 0 Å². The van der Waals surface area contributed by atoms with Crippen molar-refractivity contribution in [2.75, 3.05) is 45.5 Å². The zero-order valence-electron chi connectivity index (χ0n) is 12.6. The van der Waals surface area contributed by atoms with Gasteiger partial charge in [-0.1, -0.05) is 12.8 Å². The van der Waals surface area contributed by atoms with Crippen molar-refractivity contribution in [2.24, 2.45) is 5.92 Å². The van der Waals surface area contributed by atoms with Crippen LogP contribution in [0.4, 0.5) is 0 Å². The average Bonchev–Trinajstić information content (AvgIpc) is 2.91. The molecular formula is C13H26ClN3O3S. The van der Waals surface area contributed by atoms with Crippen molar-refractivity contribution in [2.45, 2.75) is 25.7 Å².